The van der Waals surface area contributed by atoms with E-state index in [-0.39, 0.29) is 18.7 Å². The normalized spacial score (nSPS) is 29.5. The van der Waals surface area contributed by atoms with Crippen molar-refractivity contribution in [1.29, 1.82) is 0 Å². The second-order valence-corrected chi connectivity index (χ2v) is 5.83. The van der Waals surface area contributed by atoms with Crippen molar-refractivity contribution in [2.75, 3.05) is 13.1 Å². The van der Waals surface area contributed by atoms with Gasteiger partial charge in [0.25, 0.3) is 6.43 Å². The first kappa shape index (κ1) is 15.8. The average Bonchev–Trinajstić information content (AvgIpc) is 2.27. The zero-order valence-corrected chi connectivity index (χ0v) is 11.8. The highest BCUT2D eigenvalue weighted by atomic mass is 19.3. The van der Waals surface area contributed by atoms with Crippen molar-refractivity contribution in [1.82, 2.24) is 4.90 Å². The molecule has 1 saturated carbocycles. The Balaban J connectivity index is 2.75. The third-order valence-electron chi connectivity index (χ3n) is 4.05. The molecular weight excluding hydrogens is 236 g/mol. The molecule has 3 unspecified atom stereocenters. The van der Waals surface area contributed by atoms with Crippen LogP contribution >= 0.6 is 0 Å². The Labute approximate surface area is 109 Å². The van der Waals surface area contributed by atoms with E-state index in [4.69, 9.17) is 0 Å². The first-order chi connectivity index (χ1) is 8.45. The van der Waals surface area contributed by atoms with Gasteiger partial charge in [0.05, 0.1) is 12.6 Å². The summed E-state index contributed by atoms with van der Waals surface area (Å²) in [6.07, 6.45) is 0.686. The van der Waals surface area contributed by atoms with Crippen LogP contribution in [0.3, 0.4) is 0 Å². The topological polar surface area (TPSA) is 23.5 Å². The van der Waals surface area contributed by atoms with E-state index in [1.54, 1.807) is 0 Å². The molecule has 1 N–H and O–H groups in total. The van der Waals surface area contributed by atoms with E-state index in [9.17, 15) is 13.9 Å². The molecule has 18 heavy (non-hydrogen) atoms. The molecule has 0 radical (unpaired) electrons. The lowest BCUT2D eigenvalue weighted by molar-refractivity contribution is -0.0139. The van der Waals surface area contributed by atoms with Gasteiger partial charge in [-0.15, -0.1) is 0 Å². The van der Waals surface area contributed by atoms with Crippen molar-refractivity contribution in [2.45, 2.75) is 65.0 Å². The quantitative estimate of drug-likeness (QED) is 0.795. The monoisotopic (exact) mass is 263 g/mol. The van der Waals surface area contributed by atoms with Crippen LogP contribution in [0.25, 0.3) is 0 Å². The minimum Gasteiger partial charge on any atom is -0.393 e. The van der Waals surface area contributed by atoms with Crippen molar-refractivity contribution >= 4 is 0 Å². The lowest BCUT2D eigenvalue weighted by atomic mass is 9.76. The number of aliphatic hydroxyl groups excluding tert-OH is 1. The predicted molar refractivity (Wildman–Crippen MR) is 69.8 cm³/mol. The number of alkyl halides is 2. The fourth-order valence-electron chi connectivity index (χ4n) is 3.20. The Hall–Kier alpha value is -0.220. The zero-order valence-electron chi connectivity index (χ0n) is 11.8. The molecule has 2 nitrogen and oxygen atoms in total. The van der Waals surface area contributed by atoms with Crippen molar-refractivity contribution in [2.24, 2.45) is 11.8 Å². The highest BCUT2D eigenvalue weighted by Gasteiger charge is 2.35. The molecule has 0 amide bonds. The molecule has 108 valence electrons. The van der Waals surface area contributed by atoms with Crippen LogP contribution < -0.4 is 0 Å². The van der Waals surface area contributed by atoms with Gasteiger partial charge < -0.3 is 5.11 Å². The molecule has 1 aliphatic carbocycles. The molecule has 0 aliphatic heterocycles. The van der Waals surface area contributed by atoms with Gasteiger partial charge in [-0.25, -0.2) is 8.78 Å². The van der Waals surface area contributed by atoms with E-state index in [0.29, 0.717) is 24.8 Å². The third-order valence-corrected chi connectivity index (χ3v) is 4.05. The predicted octanol–water partition coefficient (Wildman–Crippen LogP) is 3.15. The SMILES string of the molecule is CCCN(CC(F)F)C1CC(O)CCC1C(C)C. The number of nitrogens with zero attached hydrogens (tertiary/aromatic N) is 1. The van der Waals surface area contributed by atoms with Crippen molar-refractivity contribution in [3.05, 3.63) is 0 Å². The Morgan fingerprint density at radius 1 is 1.28 bits per heavy atom. The van der Waals surface area contributed by atoms with Crippen LogP contribution in [0.15, 0.2) is 0 Å². The fourth-order valence-corrected chi connectivity index (χ4v) is 3.20. The van der Waals surface area contributed by atoms with Crippen LogP contribution in [-0.2, 0) is 0 Å². The lowest BCUT2D eigenvalue weighted by Crippen LogP contribution is -2.49. The highest BCUT2D eigenvalue weighted by Crippen LogP contribution is 2.34. The van der Waals surface area contributed by atoms with Gasteiger partial charge in [0.1, 0.15) is 0 Å². The summed E-state index contributed by atoms with van der Waals surface area (Å²) in [5, 5.41) is 9.82. The largest absolute Gasteiger partial charge is 0.393 e. The van der Waals surface area contributed by atoms with Gasteiger partial charge in [0.2, 0.25) is 0 Å². The fraction of sp³-hybridized carbons (Fsp3) is 1.00. The molecule has 1 aliphatic rings. The Bertz CT molecular complexity index is 236. The number of halogens is 2. The zero-order chi connectivity index (χ0) is 13.7. The highest BCUT2D eigenvalue weighted by molar-refractivity contribution is 4.88. The summed E-state index contributed by atoms with van der Waals surface area (Å²) in [4.78, 5) is 1.90. The summed E-state index contributed by atoms with van der Waals surface area (Å²) >= 11 is 0. The molecule has 0 aromatic heterocycles. The van der Waals surface area contributed by atoms with Crippen molar-refractivity contribution in [3.8, 4) is 0 Å². The Morgan fingerprint density at radius 2 is 1.94 bits per heavy atom. The summed E-state index contributed by atoms with van der Waals surface area (Å²) in [5.74, 6) is 0.915. The van der Waals surface area contributed by atoms with Gasteiger partial charge in [0, 0.05) is 6.04 Å². The molecular formula is C14H27F2NO. The molecule has 0 heterocycles. The van der Waals surface area contributed by atoms with E-state index < -0.39 is 6.43 Å². The average molecular weight is 263 g/mol. The second kappa shape index (κ2) is 7.39. The first-order valence-corrected chi connectivity index (χ1v) is 7.16. The minimum atomic E-state index is -2.29. The summed E-state index contributed by atoms with van der Waals surface area (Å²) in [6.45, 7) is 6.87. The molecule has 0 bridgehead atoms. The van der Waals surface area contributed by atoms with E-state index in [0.717, 1.165) is 19.3 Å². The molecule has 0 aromatic carbocycles. The lowest BCUT2D eigenvalue weighted by Gasteiger charge is -2.43. The molecule has 1 fully saturated rings. The van der Waals surface area contributed by atoms with Gasteiger partial charge in [-0.05, 0) is 44.1 Å². The Morgan fingerprint density at radius 3 is 2.44 bits per heavy atom. The van der Waals surface area contributed by atoms with Crippen LogP contribution in [0.4, 0.5) is 8.78 Å². The second-order valence-electron chi connectivity index (χ2n) is 5.83. The summed E-state index contributed by atoms with van der Waals surface area (Å²) < 4.78 is 25.4. The maximum atomic E-state index is 12.7. The summed E-state index contributed by atoms with van der Waals surface area (Å²) in [6, 6.07) is 0.114. The Kier molecular flexibility index (Phi) is 6.50. The number of hydrogen-bond acceptors (Lipinski definition) is 2. The summed E-state index contributed by atoms with van der Waals surface area (Å²) in [5.41, 5.74) is 0. The molecule has 3 atom stereocenters. The van der Waals surface area contributed by atoms with Gasteiger partial charge in [-0.2, -0.15) is 0 Å². The maximum Gasteiger partial charge on any atom is 0.251 e. The minimum absolute atomic E-state index is 0.114. The first-order valence-electron chi connectivity index (χ1n) is 7.16. The molecule has 0 spiro atoms. The smallest absolute Gasteiger partial charge is 0.251 e. The van der Waals surface area contributed by atoms with Crippen LogP contribution in [0.5, 0.6) is 0 Å². The molecule has 0 aromatic rings. The summed E-state index contributed by atoms with van der Waals surface area (Å²) in [7, 11) is 0. The standard InChI is InChI=1S/C14H27F2NO/c1-4-7-17(9-14(15)16)13-8-11(18)5-6-12(13)10(2)3/h10-14,18H,4-9H2,1-3H3. The van der Waals surface area contributed by atoms with Crippen molar-refractivity contribution in [3.63, 3.8) is 0 Å². The number of aliphatic hydroxyl groups is 1. The number of hydrogen-bond donors (Lipinski definition) is 1. The van der Waals surface area contributed by atoms with E-state index >= 15 is 0 Å². The van der Waals surface area contributed by atoms with Crippen LogP contribution in [0.1, 0.15) is 46.5 Å². The molecule has 0 saturated heterocycles. The third kappa shape index (κ3) is 4.47. The van der Waals surface area contributed by atoms with E-state index in [1.165, 1.54) is 0 Å². The van der Waals surface area contributed by atoms with Crippen LogP contribution in [0.2, 0.25) is 0 Å². The molecule has 4 heteroatoms. The van der Waals surface area contributed by atoms with Gasteiger partial charge in [0.15, 0.2) is 0 Å². The van der Waals surface area contributed by atoms with Gasteiger partial charge in [-0.3, -0.25) is 4.90 Å². The van der Waals surface area contributed by atoms with Gasteiger partial charge in [-0.1, -0.05) is 20.8 Å². The van der Waals surface area contributed by atoms with E-state index in [1.807, 2.05) is 11.8 Å². The molecule has 1 rings (SSSR count). The maximum absolute atomic E-state index is 12.7. The van der Waals surface area contributed by atoms with Gasteiger partial charge >= 0.3 is 0 Å². The van der Waals surface area contributed by atoms with Crippen molar-refractivity contribution < 1.29 is 13.9 Å². The van der Waals surface area contributed by atoms with Crippen LogP contribution in [-0.4, -0.2) is 41.7 Å². The van der Waals surface area contributed by atoms with Crippen LogP contribution in [0, 0.1) is 11.8 Å². The van der Waals surface area contributed by atoms with E-state index in [2.05, 4.69) is 13.8 Å². The number of rotatable bonds is 6.